The van der Waals surface area contributed by atoms with Crippen LogP contribution >= 0.6 is 0 Å². The average molecular weight is 188 g/mol. The first kappa shape index (κ1) is 10.1. The molecule has 0 aromatic heterocycles. The molecule has 0 spiro atoms. The minimum absolute atomic E-state index is 0.0843. The summed E-state index contributed by atoms with van der Waals surface area (Å²) in [6.45, 7) is 1.41. The van der Waals surface area contributed by atoms with Crippen molar-refractivity contribution < 1.29 is 17.6 Å². The Morgan fingerprint density at radius 3 is 1.92 bits per heavy atom. The van der Waals surface area contributed by atoms with E-state index in [0.717, 1.165) is 0 Å². The smallest absolute Gasteiger partial charge is 0.194 e. The van der Waals surface area contributed by atoms with Gasteiger partial charge in [0.2, 0.25) is 0 Å². The molecule has 1 rings (SSSR count). The van der Waals surface area contributed by atoms with E-state index in [1.165, 1.54) is 6.92 Å². The highest BCUT2D eigenvalue weighted by atomic mass is 19.2. The van der Waals surface area contributed by atoms with Gasteiger partial charge >= 0.3 is 0 Å². The average Bonchev–Trinajstić information content (AvgIpc) is 2.13. The number of hydrogen-bond acceptors (Lipinski definition) is 0. The Balaban J connectivity index is 3.56. The van der Waals surface area contributed by atoms with E-state index in [1.54, 1.807) is 0 Å². The van der Waals surface area contributed by atoms with Crippen molar-refractivity contribution in [2.45, 2.75) is 13.3 Å². The van der Waals surface area contributed by atoms with E-state index < -0.39 is 34.3 Å². The molecule has 0 saturated carbocycles. The maximum absolute atomic E-state index is 12.9. The topological polar surface area (TPSA) is 0 Å². The zero-order chi connectivity index (χ0) is 10.2. The van der Waals surface area contributed by atoms with Crippen molar-refractivity contribution in [2.75, 3.05) is 0 Å². The van der Waals surface area contributed by atoms with Crippen LogP contribution in [0.2, 0.25) is 0 Å². The second kappa shape index (κ2) is 3.40. The van der Waals surface area contributed by atoms with Gasteiger partial charge in [-0.1, -0.05) is 6.92 Å². The Bertz CT molecular complexity index is 319. The Kier molecular flexibility index (Phi) is 2.64. The van der Waals surface area contributed by atoms with Gasteiger partial charge in [0.25, 0.3) is 0 Å². The van der Waals surface area contributed by atoms with Crippen LogP contribution in [0.4, 0.5) is 17.6 Å². The molecule has 1 aromatic rings. The molecule has 0 N–H and O–H groups in total. The van der Waals surface area contributed by atoms with Crippen LogP contribution in [0, 0.1) is 23.3 Å². The first-order valence-electron chi connectivity index (χ1n) is 3.61. The first-order chi connectivity index (χ1) is 6.00. The second-order valence-electron chi connectivity index (χ2n) is 2.50. The van der Waals surface area contributed by atoms with Crippen molar-refractivity contribution in [1.29, 1.82) is 0 Å². The standard InChI is InChI=1S/C8H5BF4/c1-2-3-5(10)4(9)7(12)8(13)6(3)11/h2H2,1H3. The number of benzene rings is 1. The van der Waals surface area contributed by atoms with Gasteiger partial charge in [-0.2, -0.15) is 0 Å². The van der Waals surface area contributed by atoms with Crippen LogP contribution in [0.3, 0.4) is 0 Å². The van der Waals surface area contributed by atoms with Gasteiger partial charge in [0.1, 0.15) is 13.7 Å². The van der Waals surface area contributed by atoms with Crippen LogP contribution in [0.5, 0.6) is 0 Å². The predicted octanol–water partition coefficient (Wildman–Crippen LogP) is 1.60. The second-order valence-corrected chi connectivity index (χ2v) is 2.50. The highest BCUT2D eigenvalue weighted by Gasteiger charge is 2.20. The lowest BCUT2D eigenvalue weighted by molar-refractivity contribution is 0.432. The summed E-state index contributed by atoms with van der Waals surface area (Å²) >= 11 is 0. The number of rotatable bonds is 1. The van der Waals surface area contributed by atoms with Crippen LogP contribution in [0.25, 0.3) is 0 Å². The fourth-order valence-electron chi connectivity index (χ4n) is 1.01. The molecular weight excluding hydrogens is 183 g/mol. The van der Waals surface area contributed by atoms with Crippen molar-refractivity contribution >= 4 is 13.3 Å². The fraction of sp³-hybridized carbons (Fsp3) is 0.250. The molecule has 0 aliphatic rings. The molecular formula is C8H5BF4. The molecule has 0 nitrogen and oxygen atoms in total. The minimum Gasteiger partial charge on any atom is -0.207 e. The summed E-state index contributed by atoms with van der Waals surface area (Å²) in [5.41, 5.74) is -1.51. The zero-order valence-corrected chi connectivity index (χ0v) is 6.80. The molecule has 0 fully saturated rings. The van der Waals surface area contributed by atoms with E-state index in [0.29, 0.717) is 0 Å². The molecule has 0 aliphatic heterocycles. The predicted molar refractivity (Wildman–Crippen MR) is 41.0 cm³/mol. The summed E-state index contributed by atoms with van der Waals surface area (Å²) < 4.78 is 50.9. The van der Waals surface area contributed by atoms with Crippen molar-refractivity contribution in [3.63, 3.8) is 0 Å². The summed E-state index contributed by atoms with van der Waals surface area (Å²) in [5, 5.41) is 0. The van der Waals surface area contributed by atoms with Gasteiger partial charge in [-0.15, -0.1) is 0 Å². The van der Waals surface area contributed by atoms with E-state index in [9.17, 15) is 17.6 Å². The summed E-state index contributed by atoms with van der Waals surface area (Å²) in [7, 11) is 4.87. The normalized spacial score (nSPS) is 10.5. The Morgan fingerprint density at radius 2 is 1.46 bits per heavy atom. The fourth-order valence-corrected chi connectivity index (χ4v) is 1.01. The maximum Gasteiger partial charge on any atom is 0.194 e. The largest absolute Gasteiger partial charge is 0.207 e. The SMILES string of the molecule is [B]c1c(F)c(F)c(F)c(CC)c1F. The molecule has 5 heteroatoms. The third kappa shape index (κ3) is 1.43. The van der Waals surface area contributed by atoms with Crippen LogP contribution < -0.4 is 5.46 Å². The summed E-state index contributed by atoms with van der Waals surface area (Å²) in [6.07, 6.45) is -0.0843. The molecule has 13 heavy (non-hydrogen) atoms. The highest BCUT2D eigenvalue weighted by Crippen LogP contribution is 2.17. The highest BCUT2D eigenvalue weighted by molar-refractivity contribution is 6.32. The lowest BCUT2D eigenvalue weighted by atomic mass is 9.91. The molecule has 68 valence electrons. The minimum atomic E-state index is -1.73. The van der Waals surface area contributed by atoms with Gasteiger partial charge in [-0.3, -0.25) is 0 Å². The molecule has 2 radical (unpaired) electrons. The van der Waals surface area contributed by atoms with Crippen LogP contribution in [0.15, 0.2) is 0 Å². The first-order valence-corrected chi connectivity index (χ1v) is 3.61. The Morgan fingerprint density at radius 1 is 0.923 bits per heavy atom. The summed E-state index contributed by atoms with van der Waals surface area (Å²) in [5.74, 6) is -6.13. The van der Waals surface area contributed by atoms with Crippen LogP contribution in [0.1, 0.15) is 12.5 Å². The molecule has 0 amide bonds. The van der Waals surface area contributed by atoms with Crippen LogP contribution in [-0.2, 0) is 6.42 Å². The quantitative estimate of drug-likeness (QED) is 0.271. The molecule has 0 unspecified atom stereocenters. The summed E-state index contributed by atoms with van der Waals surface area (Å²) in [4.78, 5) is 0. The molecule has 0 atom stereocenters. The van der Waals surface area contributed by atoms with Crippen molar-refractivity contribution in [2.24, 2.45) is 0 Å². The lowest BCUT2D eigenvalue weighted by Crippen LogP contribution is -2.20. The van der Waals surface area contributed by atoms with Gasteiger partial charge in [0, 0.05) is 5.56 Å². The van der Waals surface area contributed by atoms with E-state index in [4.69, 9.17) is 7.85 Å². The maximum atomic E-state index is 12.9. The lowest BCUT2D eigenvalue weighted by Gasteiger charge is -2.07. The van der Waals surface area contributed by atoms with Gasteiger partial charge < -0.3 is 0 Å². The van der Waals surface area contributed by atoms with E-state index in [2.05, 4.69) is 0 Å². The Hall–Kier alpha value is -0.995. The molecule has 0 heterocycles. The van der Waals surface area contributed by atoms with Crippen LogP contribution in [-0.4, -0.2) is 7.85 Å². The van der Waals surface area contributed by atoms with Crippen molar-refractivity contribution in [3.05, 3.63) is 28.8 Å². The van der Waals surface area contributed by atoms with Gasteiger partial charge in [0.05, 0.1) is 0 Å². The molecule has 0 bridgehead atoms. The van der Waals surface area contributed by atoms with Crippen molar-refractivity contribution in [3.8, 4) is 0 Å². The van der Waals surface area contributed by atoms with Gasteiger partial charge in [-0.25, -0.2) is 17.6 Å². The number of hydrogen-bond donors (Lipinski definition) is 0. The number of halogens is 4. The van der Waals surface area contributed by atoms with E-state index in [1.807, 2.05) is 0 Å². The third-order valence-corrected chi connectivity index (χ3v) is 1.74. The zero-order valence-electron chi connectivity index (χ0n) is 6.80. The molecule has 0 saturated heterocycles. The van der Waals surface area contributed by atoms with Gasteiger partial charge in [-0.05, 0) is 11.9 Å². The van der Waals surface area contributed by atoms with E-state index in [-0.39, 0.29) is 6.42 Å². The third-order valence-electron chi connectivity index (χ3n) is 1.74. The van der Waals surface area contributed by atoms with Crippen molar-refractivity contribution in [1.82, 2.24) is 0 Å². The molecule has 0 aliphatic carbocycles. The summed E-state index contributed by atoms with van der Waals surface area (Å²) in [6, 6.07) is 0. The van der Waals surface area contributed by atoms with E-state index >= 15 is 0 Å². The monoisotopic (exact) mass is 188 g/mol. The van der Waals surface area contributed by atoms with Gasteiger partial charge in [0.15, 0.2) is 17.5 Å². The Labute approximate surface area is 74.0 Å². The molecule has 1 aromatic carbocycles.